The molecular weight excluding hydrogens is 650 g/mol. The van der Waals surface area contributed by atoms with Crippen LogP contribution in [0.2, 0.25) is 0 Å². The van der Waals surface area contributed by atoms with Crippen LogP contribution in [0.5, 0.6) is 17.2 Å². The van der Waals surface area contributed by atoms with Crippen LogP contribution >= 0.6 is 0 Å². The fraction of sp³-hybridized carbons (Fsp3) is 0.571. The van der Waals surface area contributed by atoms with Gasteiger partial charge in [-0.1, -0.05) is 12.5 Å². The molecule has 268 valence electrons. The van der Waals surface area contributed by atoms with Crippen molar-refractivity contribution in [3.63, 3.8) is 0 Å². The molecule has 13 nitrogen and oxygen atoms in total. The number of hydrogen-bond acceptors (Lipinski definition) is 9. The average Bonchev–Trinajstić information content (AvgIpc) is 3.50. The lowest BCUT2D eigenvalue weighted by Crippen LogP contribution is -2.47. The number of ether oxygens (including phenoxy) is 3. The summed E-state index contributed by atoms with van der Waals surface area (Å²) in [7, 11) is 1.15. The topological polar surface area (TPSA) is 147 Å². The van der Waals surface area contributed by atoms with Crippen molar-refractivity contribution < 1.29 is 32.2 Å². The van der Waals surface area contributed by atoms with Crippen LogP contribution in [0.3, 0.4) is 0 Å². The second-order valence-electron chi connectivity index (χ2n) is 12.7. The minimum absolute atomic E-state index is 0.0297. The zero-order valence-corrected chi connectivity index (χ0v) is 29.8. The van der Waals surface area contributed by atoms with Gasteiger partial charge in [0.1, 0.15) is 0 Å². The van der Waals surface area contributed by atoms with Crippen molar-refractivity contribution in [2.45, 2.75) is 64.3 Å². The first-order chi connectivity index (χ1) is 23.6. The van der Waals surface area contributed by atoms with E-state index in [0.717, 1.165) is 36.0 Å². The summed E-state index contributed by atoms with van der Waals surface area (Å²) >= 11 is 0. The summed E-state index contributed by atoms with van der Waals surface area (Å²) in [5, 5.41) is 6.23. The molecule has 1 atom stereocenters. The Morgan fingerprint density at radius 3 is 2.29 bits per heavy atom. The third-order valence-electron chi connectivity index (χ3n) is 9.57. The number of carbonyl (C=O) groups excluding carboxylic acids is 2. The Bertz CT molecular complexity index is 1700. The zero-order chi connectivity index (χ0) is 35.1. The predicted octanol–water partition coefficient (Wildman–Crippen LogP) is 3.32. The van der Waals surface area contributed by atoms with E-state index in [1.165, 1.54) is 11.2 Å². The maximum Gasteiger partial charge on any atom is 0.282 e. The number of amides is 2. The van der Waals surface area contributed by atoms with Crippen LogP contribution in [-0.4, -0.2) is 101 Å². The molecule has 0 bridgehead atoms. The van der Waals surface area contributed by atoms with Crippen molar-refractivity contribution in [2.75, 3.05) is 72.5 Å². The number of benzene rings is 1. The number of anilines is 1. The van der Waals surface area contributed by atoms with Crippen LogP contribution in [0.1, 0.15) is 69.0 Å². The number of nitrogens with one attached hydrogen (secondary N) is 2. The van der Waals surface area contributed by atoms with E-state index in [0.29, 0.717) is 100.0 Å². The maximum absolute atomic E-state index is 13.6. The van der Waals surface area contributed by atoms with Gasteiger partial charge in [-0.3, -0.25) is 14.4 Å². The van der Waals surface area contributed by atoms with Gasteiger partial charge in [-0.15, -0.1) is 0 Å². The van der Waals surface area contributed by atoms with Gasteiger partial charge in [0.05, 0.1) is 33.1 Å². The summed E-state index contributed by atoms with van der Waals surface area (Å²) in [6, 6.07) is 6.65. The van der Waals surface area contributed by atoms with Gasteiger partial charge in [-0.25, -0.2) is 0 Å². The van der Waals surface area contributed by atoms with Crippen LogP contribution in [0.25, 0.3) is 11.1 Å². The molecule has 2 heterocycles. The smallest absolute Gasteiger partial charge is 0.282 e. The maximum atomic E-state index is 13.6. The van der Waals surface area contributed by atoms with Gasteiger partial charge < -0.3 is 29.7 Å². The average molecular weight is 700 g/mol. The molecule has 0 unspecified atom stereocenters. The first kappa shape index (κ1) is 36.4. The molecule has 2 aromatic carbocycles. The van der Waals surface area contributed by atoms with Crippen molar-refractivity contribution in [3.05, 3.63) is 45.6 Å². The number of methoxy groups -OCH3 is 3. The summed E-state index contributed by atoms with van der Waals surface area (Å²) in [6.45, 7) is 4.54. The number of nitrogens with zero attached hydrogens (tertiary/aromatic N) is 3. The summed E-state index contributed by atoms with van der Waals surface area (Å²) < 4.78 is 46.5. The molecule has 1 aliphatic carbocycles. The van der Waals surface area contributed by atoms with Crippen LogP contribution in [0.15, 0.2) is 29.1 Å². The van der Waals surface area contributed by atoms with Crippen molar-refractivity contribution in [2.24, 2.45) is 0 Å². The Morgan fingerprint density at radius 2 is 1.59 bits per heavy atom. The summed E-state index contributed by atoms with van der Waals surface area (Å²) in [6.07, 6.45) is 5.34. The summed E-state index contributed by atoms with van der Waals surface area (Å²) in [5.41, 5.74) is 3.25. The Kier molecular flexibility index (Phi) is 12.0. The van der Waals surface area contributed by atoms with E-state index in [9.17, 15) is 22.8 Å². The standard InChI is InChI=1S/C35H49N5O8S/c1-24(41)37-28-13-11-25-22-31(46-2)34(47-3)35(48-4)33(25)26-12-14-29(30(42)23-27(26)28)36-15-8-10-32(43)38-16-9-19-40(21-20-38)49(44,45)39-17-6-5-7-18-39/h12,14,22-23,28H,5-11,13,15-21H2,1-4H3,(H,36,42)(H,37,41)/t28-/m1/s1. The van der Waals surface area contributed by atoms with E-state index in [1.807, 2.05) is 12.1 Å². The lowest BCUT2D eigenvalue weighted by molar-refractivity contribution is -0.131. The molecular formula is C35H49N5O8S. The summed E-state index contributed by atoms with van der Waals surface area (Å²) in [4.78, 5) is 40.7. The van der Waals surface area contributed by atoms with Gasteiger partial charge in [0.2, 0.25) is 23.0 Å². The molecule has 49 heavy (non-hydrogen) atoms. The van der Waals surface area contributed by atoms with Crippen LogP contribution in [0, 0.1) is 0 Å². The normalized spacial score (nSPS) is 18.7. The zero-order valence-electron chi connectivity index (χ0n) is 29.0. The van der Waals surface area contributed by atoms with Crippen molar-refractivity contribution in [3.8, 4) is 28.4 Å². The van der Waals surface area contributed by atoms with Gasteiger partial charge in [0, 0.05) is 64.7 Å². The highest BCUT2D eigenvalue weighted by molar-refractivity contribution is 7.86. The van der Waals surface area contributed by atoms with E-state index in [1.54, 1.807) is 42.7 Å². The number of fused-ring (bicyclic) bond motifs is 3. The van der Waals surface area contributed by atoms with E-state index in [2.05, 4.69) is 10.6 Å². The first-order valence-corrected chi connectivity index (χ1v) is 18.5. The summed E-state index contributed by atoms with van der Waals surface area (Å²) in [5.74, 6) is 1.21. The molecule has 0 saturated carbocycles. The largest absolute Gasteiger partial charge is 0.493 e. The van der Waals surface area contributed by atoms with Gasteiger partial charge in [0.25, 0.3) is 10.2 Å². The minimum atomic E-state index is -3.51. The molecule has 5 rings (SSSR count). The van der Waals surface area contributed by atoms with Gasteiger partial charge >= 0.3 is 0 Å². The highest BCUT2D eigenvalue weighted by atomic mass is 32.2. The predicted molar refractivity (Wildman–Crippen MR) is 188 cm³/mol. The first-order valence-electron chi connectivity index (χ1n) is 17.1. The highest BCUT2D eigenvalue weighted by Gasteiger charge is 2.33. The molecule has 2 N–H and O–H groups in total. The quantitative estimate of drug-likeness (QED) is 0.338. The molecule has 0 spiro atoms. The molecule has 3 aliphatic rings. The minimum Gasteiger partial charge on any atom is -0.493 e. The monoisotopic (exact) mass is 699 g/mol. The highest BCUT2D eigenvalue weighted by Crippen LogP contribution is 2.50. The number of rotatable bonds is 11. The number of hydrogen-bond donors (Lipinski definition) is 2. The second-order valence-corrected chi connectivity index (χ2v) is 14.7. The number of carbonyl (C=O) groups is 2. The Balaban J connectivity index is 1.29. The van der Waals surface area contributed by atoms with Gasteiger partial charge in [-0.2, -0.15) is 17.0 Å². The molecule has 2 amide bonds. The van der Waals surface area contributed by atoms with Gasteiger partial charge in [0.15, 0.2) is 11.5 Å². The number of piperidine rings is 1. The second kappa shape index (κ2) is 16.2. The SMILES string of the molecule is COc1cc2c(c(OC)c1OC)-c1ccc(NCCCC(=O)N3CCCN(S(=O)(=O)N4CCCCC4)CC3)c(=O)cc1[C@H](NC(C)=O)CC2. The van der Waals surface area contributed by atoms with E-state index < -0.39 is 16.3 Å². The van der Waals surface area contributed by atoms with E-state index in [-0.39, 0.29) is 23.7 Å². The lowest BCUT2D eigenvalue weighted by Gasteiger charge is -2.31. The molecule has 0 radical (unpaired) electrons. The molecule has 2 saturated heterocycles. The Morgan fingerprint density at radius 1 is 0.878 bits per heavy atom. The molecule has 0 aromatic heterocycles. The van der Waals surface area contributed by atoms with Gasteiger partial charge in [-0.05, 0) is 73.4 Å². The lowest BCUT2D eigenvalue weighted by atomic mass is 9.95. The van der Waals surface area contributed by atoms with E-state index in [4.69, 9.17) is 14.2 Å². The number of aryl methyl sites for hydroxylation is 1. The fourth-order valence-corrected chi connectivity index (χ4v) is 8.83. The van der Waals surface area contributed by atoms with E-state index >= 15 is 0 Å². The fourth-order valence-electron chi connectivity index (χ4n) is 7.11. The third kappa shape index (κ3) is 8.13. The van der Waals surface area contributed by atoms with Crippen LogP contribution in [-0.2, 0) is 26.2 Å². The molecule has 2 aliphatic heterocycles. The molecule has 14 heteroatoms. The Labute approximate surface area is 289 Å². The van der Waals surface area contributed by atoms with Crippen LogP contribution in [0.4, 0.5) is 5.69 Å². The third-order valence-corrected chi connectivity index (χ3v) is 11.6. The molecule has 2 aromatic rings. The molecule has 2 fully saturated rings. The van der Waals surface area contributed by atoms with Crippen molar-refractivity contribution in [1.29, 1.82) is 0 Å². The Hall–Kier alpha value is -3.88. The van der Waals surface area contributed by atoms with Crippen molar-refractivity contribution >= 4 is 27.7 Å². The van der Waals surface area contributed by atoms with Crippen LogP contribution < -0.4 is 30.3 Å². The van der Waals surface area contributed by atoms with Crippen molar-refractivity contribution in [1.82, 2.24) is 18.8 Å².